The van der Waals surface area contributed by atoms with Crippen molar-refractivity contribution in [3.05, 3.63) is 113 Å². The lowest BCUT2D eigenvalue weighted by atomic mass is 10.0. The minimum atomic E-state index is 0.0869. The Kier molecular flexibility index (Phi) is 6.57. The third-order valence-electron chi connectivity index (χ3n) is 6.63. The number of piperazine rings is 1. The highest BCUT2D eigenvalue weighted by atomic mass is 16.2. The van der Waals surface area contributed by atoms with Crippen molar-refractivity contribution in [2.75, 3.05) is 31.1 Å². The molecule has 4 aromatic rings. The van der Waals surface area contributed by atoms with Crippen molar-refractivity contribution < 1.29 is 4.79 Å². The third-order valence-corrected chi connectivity index (χ3v) is 6.63. The molecule has 0 radical (unpaired) electrons. The van der Waals surface area contributed by atoms with Crippen LogP contribution in [0.2, 0.25) is 0 Å². The summed E-state index contributed by atoms with van der Waals surface area (Å²) in [6.07, 6.45) is 0.801. The van der Waals surface area contributed by atoms with Crippen molar-refractivity contribution in [1.29, 1.82) is 0 Å². The second-order valence-corrected chi connectivity index (χ2v) is 9.04. The van der Waals surface area contributed by atoms with Gasteiger partial charge in [0.25, 0.3) is 5.91 Å². The molecule has 0 unspecified atom stereocenters. The number of hydrogen-bond donors (Lipinski definition) is 0. The Hall–Kier alpha value is -3.99. The summed E-state index contributed by atoms with van der Waals surface area (Å²) in [5.41, 5.74) is 6.44. The quantitative estimate of drug-likeness (QED) is 0.403. The van der Waals surface area contributed by atoms with Crippen molar-refractivity contribution in [3.63, 3.8) is 0 Å². The average molecular weight is 463 g/mol. The molecule has 0 aliphatic carbocycles. The lowest BCUT2D eigenvalue weighted by Gasteiger charge is -2.36. The van der Waals surface area contributed by atoms with Gasteiger partial charge < -0.3 is 9.80 Å². The third kappa shape index (κ3) is 5.09. The number of aryl methyl sites for hydroxylation is 2. The van der Waals surface area contributed by atoms with E-state index in [0.29, 0.717) is 13.1 Å². The molecule has 5 nitrogen and oxygen atoms in total. The molecule has 1 aliphatic heterocycles. The number of carbonyl (C=O) groups excluding carboxylic acids is 1. The SMILES string of the molecule is Cc1nc(C)c(Cc2ccccc2)c(N2CCN(C(=O)c3ccc(-c4ccccc4)cc3)CC2)n1. The van der Waals surface area contributed by atoms with Crippen LogP contribution in [0, 0.1) is 13.8 Å². The topological polar surface area (TPSA) is 49.3 Å². The molecular formula is C30H30N4O. The maximum absolute atomic E-state index is 13.2. The molecule has 1 aliphatic rings. The van der Waals surface area contributed by atoms with Crippen LogP contribution in [0.15, 0.2) is 84.9 Å². The lowest BCUT2D eigenvalue weighted by molar-refractivity contribution is 0.0746. The summed E-state index contributed by atoms with van der Waals surface area (Å²) < 4.78 is 0. The summed E-state index contributed by atoms with van der Waals surface area (Å²) in [5, 5.41) is 0. The monoisotopic (exact) mass is 462 g/mol. The molecule has 1 amide bonds. The lowest BCUT2D eigenvalue weighted by Crippen LogP contribution is -2.49. The molecule has 1 aromatic heterocycles. The van der Waals surface area contributed by atoms with Crippen LogP contribution in [0.1, 0.15) is 33.0 Å². The first kappa shape index (κ1) is 22.8. The van der Waals surface area contributed by atoms with Crippen LogP contribution in [0.25, 0.3) is 11.1 Å². The Balaban J connectivity index is 1.29. The van der Waals surface area contributed by atoms with Gasteiger partial charge in [0.05, 0.1) is 0 Å². The molecule has 3 aromatic carbocycles. The van der Waals surface area contributed by atoms with Gasteiger partial charge in [-0.2, -0.15) is 0 Å². The van der Waals surface area contributed by atoms with E-state index < -0.39 is 0 Å². The summed E-state index contributed by atoms with van der Waals surface area (Å²) >= 11 is 0. The first-order chi connectivity index (χ1) is 17.1. The van der Waals surface area contributed by atoms with Gasteiger partial charge in [0.2, 0.25) is 0 Å². The molecule has 35 heavy (non-hydrogen) atoms. The maximum Gasteiger partial charge on any atom is 0.253 e. The minimum absolute atomic E-state index is 0.0869. The summed E-state index contributed by atoms with van der Waals surface area (Å²) in [4.78, 5) is 26.9. The molecule has 0 atom stereocenters. The van der Waals surface area contributed by atoms with Crippen molar-refractivity contribution >= 4 is 11.7 Å². The summed E-state index contributed by atoms with van der Waals surface area (Å²) in [7, 11) is 0. The van der Waals surface area contributed by atoms with Gasteiger partial charge in [-0.3, -0.25) is 4.79 Å². The Labute approximate surface area is 207 Å². The van der Waals surface area contributed by atoms with Crippen molar-refractivity contribution in [3.8, 4) is 11.1 Å². The van der Waals surface area contributed by atoms with Crippen molar-refractivity contribution in [2.45, 2.75) is 20.3 Å². The van der Waals surface area contributed by atoms with Gasteiger partial charge >= 0.3 is 0 Å². The van der Waals surface area contributed by atoms with Gasteiger partial charge in [-0.25, -0.2) is 9.97 Å². The Morgan fingerprint density at radius 2 is 1.34 bits per heavy atom. The maximum atomic E-state index is 13.2. The Morgan fingerprint density at radius 3 is 2.00 bits per heavy atom. The zero-order valence-electron chi connectivity index (χ0n) is 20.3. The van der Waals surface area contributed by atoms with Gasteiger partial charge in [-0.05, 0) is 42.7 Å². The average Bonchev–Trinajstić information content (AvgIpc) is 2.91. The molecule has 1 fully saturated rings. The standard InChI is InChI=1S/C30H30N4O/c1-22-28(21-24-9-5-3-6-10-24)29(32-23(2)31-22)33-17-19-34(20-18-33)30(35)27-15-13-26(14-16-27)25-11-7-4-8-12-25/h3-16H,17-21H2,1-2H3. The molecule has 1 saturated heterocycles. The number of anilines is 1. The second kappa shape index (κ2) is 10.1. The van der Waals surface area contributed by atoms with E-state index in [1.165, 1.54) is 5.56 Å². The molecule has 0 spiro atoms. The fourth-order valence-corrected chi connectivity index (χ4v) is 4.73. The van der Waals surface area contributed by atoms with Gasteiger partial charge in [-0.15, -0.1) is 0 Å². The van der Waals surface area contributed by atoms with E-state index >= 15 is 0 Å². The van der Waals surface area contributed by atoms with Crippen LogP contribution in [0.4, 0.5) is 5.82 Å². The van der Waals surface area contributed by atoms with Crippen molar-refractivity contribution in [2.24, 2.45) is 0 Å². The number of benzene rings is 3. The number of amides is 1. The predicted molar refractivity (Wildman–Crippen MR) is 141 cm³/mol. The highest BCUT2D eigenvalue weighted by Crippen LogP contribution is 2.26. The second-order valence-electron chi connectivity index (χ2n) is 9.04. The molecular weight excluding hydrogens is 432 g/mol. The summed E-state index contributed by atoms with van der Waals surface area (Å²) in [5.74, 6) is 1.87. The molecule has 2 heterocycles. The van der Waals surface area contributed by atoms with Gasteiger partial charge in [0, 0.05) is 49.4 Å². The Morgan fingerprint density at radius 1 is 0.743 bits per heavy atom. The minimum Gasteiger partial charge on any atom is -0.353 e. The summed E-state index contributed by atoms with van der Waals surface area (Å²) in [6, 6.07) is 28.6. The first-order valence-electron chi connectivity index (χ1n) is 12.2. The van der Waals surface area contributed by atoms with Crippen LogP contribution >= 0.6 is 0 Å². The summed E-state index contributed by atoms with van der Waals surface area (Å²) in [6.45, 7) is 6.87. The van der Waals surface area contributed by atoms with E-state index in [2.05, 4.69) is 53.2 Å². The van der Waals surface area contributed by atoms with Crippen LogP contribution < -0.4 is 4.90 Å². The van der Waals surface area contributed by atoms with Gasteiger partial charge in [-0.1, -0.05) is 72.8 Å². The van der Waals surface area contributed by atoms with E-state index in [1.54, 1.807) is 0 Å². The largest absolute Gasteiger partial charge is 0.353 e. The van der Waals surface area contributed by atoms with E-state index in [0.717, 1.165) is 59.1 Å². The van der Waals surface area contributed by atoms with E-state index in [4.69, 9.17) is 4.98 Å². The van der Waals surface area contributed by atoms with Crippen LogP contribution in [-0.2, 0) is 6.42 Å². The highest BCUT2D eigenvalue weighted by molar-refractivity contribution is 5.95. The van der Waals surface area contributed by atoms with Crippen LogP contribution in [-0.4, -0.2) is 47.0 Å². The van der Waals surface area contributed by atoms with E-state index in [-0.39, 0.29) is 5.91 Å². The molecule has 5 rings (SSSR count). The number of rotatable bonds is 5. The van der Waals surface area contributed by atoms with Crippen molar-refractivity contribution in [1.82, 2.24) is 14.9 Å². The number of carbonyl (C=O) groups is 1. The Bertz CT molecular complexity index is 1300. The number of aromatic nitrogens is 2. The molecule has 0 N–H and O–H groups in total. The molecule has 0 saturated carbocycles. The zero-order valence-corrected chi connectivity index (χ0v) is 20.3. The fraction of sp³-hybridized carbons (Fsp3) is 0.233. The zero-order chi connectivity index (χ0) is 24.2. The molecule has 0 bridgehead atoms. The highest BCUT2D eigenvalue weighted by Gasteiger charge is 2.25. The molecule has 176 valence electrons. The normalized spacial score (nSPS) is 13.7. The number of nitrogens with zero attached hydrogens (tertiary/aromatic N) is 4. The number of hydrogen-bond acceptors (Lipinski definition) is 4. The van der Waals surface area contributed by atoms with E-state index in [1.807, 2.05) is 60.4 Å². The van der Waals surface area contributed by atoms with Gasteiger partial charge in [0.1, 0.15) is 11.6 Å². The smallest absolute Gasteiger partial charge is 0.253 e. The van der Waals surface area contributed by atoms with Crippen LogP contribution in [0.3, 0.4) is 0 Å². The fourth-order valence-electron chi connectivity index (χ4n) is 4.73. The van der Waals surface area contributed by atoms with Crippen LogP contribution in [0.5, 0.6) is 0 Å². The van der Waals surface area contributed by atoms with E-state index in [9.17, 15) is 4.79 Å². The molecule has 5 heteroatoms. The first-order valence-corrected chi connectivity index (χ1v) is 12.2. The predicted octanol–water partition coefficient (Wildman–Crippen LogP) is 5.31. The van der Waals surface area contributed by atoms with Gasteiger partial charge in [0.15, 0.2) is 0 Å².